The van der Waals surface area contributed by atoms with Crippen molar-refractivity contribution in [1.29, 1.82) is 5.41 Å². The Balaban J connectivity index is 0.000000227. The first kappa shape index (κ1) is 48.1. The number of nitrogen functional groups attached to an aromatic ring is 3. The van der Waals surface area contributed by atoms with Crippen molar-refractivity contribution in [3.05, 3.63) is 185 Å². The van der Waals surface area contributed by atoms with Gasteiger partial charge in [-0.25, -0.2) is 0 Å². The maximum absolute atomic E-state index is 12.5. The van der Waals surface area contributed by atoms with Crippen molar-refractivity contribution < 1.29 is 51.5 Å². The van der Waals surface area contributed by atoms with Crippen LogP contribution in [-0.4, -0.2) is 33.6 Å². The minimum absolute atomic E-state index is 0.213. The van der Waals surface area contributed by atoms with E-state index in [9.17, 15) is 43.2 Å². The highest BCUT2D eigenvalue weighted by Gasteiger charge is 2.49. The number of anilines is 3. The minimum Gasteiger partial charge on any atom is -0.399 e. The number of nitrogens with two attached hydrogens (primary N) is 3. The zero-order valence-corrected chi connectivity index (χ0v) is 34.6. The molecule has 62 heavy (non-hydrogen) atoms. The van der Waals surface area contributed by atoms with E-state index in [0.29, 0.717) is 22.4 Å². The van der Waals surface area contributed by atoms with E-state index in [1.165, 1.54) is 30.2 Å². The summed E-state index contributed by atoms with van der Waals surface area (Å²) in [5.74, 6) is -1.07. The van der Waals surface area contributed by atoms with Crippen LogP contribution in [0.25, 0.3) is 0 Å². The summed E-state index contributed by atoms with van der Waals surface area (Å²) in [7, 11) is -11.6. The molecule has 10 nitrogen and oxygen atoms in total. The van der Waals surface area contributed by atoms with Gasteiger partial charge in [0.2, 0.25) is 0 Å². The van der Waals surface area contributed by atoms with E-state index < -0.39 is 42.8 Å². The van der Waals surface area contributed by atoms with Crippen LogP contribution in [0.2, 0.25) is 0 Å². The molecule has 0 aliphatic heterocycles. The van der Waals surface area contributed by atoms with Crippen LogP contribution >= 0.6 is 0 Å². The third kappa shape index (κ3) is 14.9. The van der Waals surface area contributed by atoms with Crippen molar-refractivity contribution >= 4 is 43.0 Å². The van der Waals surface area contributed by atoms with Crippen LogP contribution in [0.15, 0.2) is 146 Å². The van der Waals surface area contributed by atoms with Gasteiger partial charge in [0.05, 0.1) is 5.71 Å². The number of alkyl halides is 6. The van der Waals surface area contributed by atoms with Gasteiger partial charge in [0.1, 0.15) is 11.5 Å². The van der Waals surface area contributed by atoms with E-state index in [2.05, 4.69) is 8.37 Å². The molecule has 6 aromatic carbocycles. The van der Waals surface area contributed by atoms with Gasteiger partial charge >= 0.3 is 31.3 Å². The van der Waals surface area contributed by atoms with E-state index in [1.54, 1.807) is 12.1 Å². The van der Waals surface area contributed by atoms with Crippen LogP contribution in [0.4, 0.5) is 43.4 Å². The molecule has 6 rings (SSSR count). The van der Waals surface area contributed by atoms with Crippen LogP contribution in [0, 0.1) is 12.3 Å². The van der Waals surface area contributed by atoms with Gasteiger partial charge < -0.3 is 25.6 Å². The minimum atomic E-state index is -5.82. The van der Waals surface area contributed by atoms with Crippen molar-refractivity contribution in [2.24, 2.45) is 0 Å². The van der Waals surface area contributed by atoms with E-state index >= 15 is 0 Å². The highest BCUT2D eigenvalue weighted by Crippen LogP contribution is 2.30. The molecule has 0 atom stereocenters. The normalized spacial score (nSPS) is 11.6. The third-order valence-electron chi connectivity index (χ3n) is 8.56. The summed E-state index contributed by atoms with van der Waals surface area (Å²) in [5, 5.41) is 7.97. The Morgan fingerprint density at radius 2 is 0.871 bits per heavy atom. The molecule has 0 saturated carbocycles. The number of rotatable bonds is 12. The fourth-order valence-corrected chi connectivity index (χ4v) is 6.51. The number of aryl methyl sites for hydroxylation is 5. The first-order chi connectivity index (χ1) is 29.0. The lowest BCUT2D eigenvalue weighted by Crippen LogP contribution is -2.28. The molecule has 328 valence electrons. The van der Waals surface area contributed by atoms with Crippen molar-refractivity contribution in [1.82, 2.24) is 0 Å². The molecule has 0 fully saturated rings. The lowest BCUT2D eigenvalue weighted by atomic mass is 10.0. The first-order valence-electron chi connectivity index (χ1n) is 18.4. The van der Waals surface area contributed by atoms with Crippen LogP contribution in [-0.2, 0) is 45.9 Å². The zero-order chi connectivity index (χ0) is 45.7. The van der Waals surface area contributed by atoms with Crippen LogP contribution < -0.4 is 25.6 Å². The standard InChI is InChI=1S/C17H14F6O6S2.C14H17N3.C13H11N/c1-11-8-13(10-15(9-11)29-31(26,27)17(21,22)23)3-2-12-4-6-14(7-5-12)28-30(24,25)16(18,19)20;15-12-5-3-10(4-6-12)1-2-11-7-13(16)9-14(17)8-11;14-13(11-7-3-1-4-8-11)12-9-5-2-6-10-12/h4-10H,2-3H2,1H3;3-9H,1-2,15-17H2;1-10,14H. The molecule has 0 saturated heterocycles. The molecule has 0 spiro atoms. The molecule has 0 radical (unpaired) electrons. The smallest absolute Gasteiger partial charge is 0.399 e. The van der Waals surface area contributed by atoms with Gasteiger partial charge in [-0.15, -0.1) is 0 Å². The van der Waals surface area contributed by atoms with Crippen LogP contribution in [0.3, 0.4) is 0 Å². The number of hydrogen-bond acceptors (Lipinski definition) is 10. The Labute approximate surface area is 355 Å². The Kier molecular flexibility index (Phi) is 16.2. The van der Waals surface area contributed by atoms with Gasteiger partial charge in [-0.1, -0.05) is 91.0 Å². The fraction of sp³-hybridized carbons (Fsp3) is 0.159. The second-order valence-corrected chi connectivity index (χ2v) is 16.7. The van der Waals surface area contributed by atoms with E-state index in [1.807, 2.05) is 97.1 Å². The maximum atomic E-state index is 12.5. The van der Waals surface area contributed by atoms with Gasteiger partial charge in [0.15, 0.2) is 0 Å². The predicted molar refractivity (Wildman–Crippen MR) is 229 cm³/mol. The third-order valence-corrected chi connectivity index (χ3v) is 10.5. The zero-order valence-electron chi connectivity index (χ0n) is 33.0. The molecule has 0 unspecified atom stereocenters. The second-order valence-electron chi connectivity index (χ2n) is 13.6. The molecule has 7 N–H and O–H groups in total. The van der Waals surface area contributed by atoms with Gasteiger partial charge in [-0.05, 0) is 126 Å². The highest BCUT2D eigenvalue weighted by molar-refractivity contribution is 7.88. The quantitative estimate of drug-likeness (QED) is 0.0305. The molecule has 0 amide bonds. The molecular formula is C44H42F6N4O6S2. The van der Waals surface area contributed by atoms with Crippen LogP contribution in [0.5, 0.6) is 11.5 Å². The lowest BCUT2D eigenvalue weighted by Gasteiger charge is -2.12. The van der Waals surface area contributed by atoms with E-state index in [-0.39, 0.29) is 12.8 Å². The number of benzene rings is 6. The molecule has 18 heteroatoms. The molecule has 0 bridgehead atoms. The number of halogens is 6. The largest absolute Gasteiger partial charge is 0.534 e. The number of nitrogens with one attached hydrogen (secondary N) is 1. The molecule has 0 aliphatic rings. The molecular weight excluding hydrogens is 859 g/mol. The topological polar surface area (TPSA) is 189 Å². The maximum Gasteiger partial charge on any atom is 0.534 e. The van der Waals surface area contributed by atoms with Gasteiger partial charge in [-0.3, -0.25) is 5.41 Å². The summed E-state index contributed by atoms with van der Waals surface area (Å²) in [6.07, 6.45) is 2.36. The van der Waals surface area contributed by atoms with Crippen molar-refractivity contribution in [2.75, 3.05) is 17.2 Å². The summed E-state index contributed by atoms with van der Waals surface area (Å²) < 4.78 is 127. The van der Waals surface area contributed by atoms with Gasteiger partial charge in [0.25, 0.3) is 0 Å². The SMILES string of the molecule is Cc1cc(CCc2ccc(OS(=O)(=O)C(F)(F)F)cc2)cc(OS(=O)(=O)C(F)(F)F)c1.N=C(c1ccccc1)c1ccccc1.Nc1ccc(CCc2cc(N)cc(N)c2)cc1. The first-order valence-corrected chi connectivity index (χ1v) is 21.2. The predicted octanol–water partition coefficient (Wildman–Crippen LogP) is 9.56. The Bertz CT molecular complexity index is 2570. The summed E-state index contributed by atoms with van der Waals surface area (Å²) in [6, 6.07) is 41.6. The molecule has 0 aliphatic carbocycles. The molecule has 0 aromatic heterocycles. The Morgan fingerprint density at radius 1 is 0.484 bits per heavy atom. The van der Waals surface area contributed by atoms with Gasteiger partial charge in [0, 0.05) is 17.1 Å². The monoisotopic (exact) mass is 900 g/mol. The van der Waals surface area contributed by atoms with Gasteiger partial charge in [-0.2, -0.15) is 43.2 Å². The summed E-state index contributed by atoms with van der Waals surface area (Å²) >= 11 is 0. The van der Waals surface area contributed by atoms with E-state index in [4.69, 9.17) is 22.6 Å². The summed E-state index contributed by atoms with van der Waals surface area (Å²) in [5.41, 5.74) is 14.6. The van der Waals surface area contributed by atoms with Crippen molar-refractivity contribution in [2.45, 2.75) is 43.6 Å². The van der Waals surface area contributed by atoms with Crippen molar-refractivity contribution in [3.8, 4) is 11.5 Å². The van der Waals surface area contributed by atoms with Crippen LogP contribution in [0.1, 0.15) is 38.9 Å². The average Bonchev–Trinajstić information content (AvgIpc) is 3.19. The summed E-state index contributed by atoms with van der Waals surface area (Å²) in [6.45, 7) is 1.52. The highest BCUT2D eigenvalue weighted by atomic mass is 32.2. The Hall–Kier alpha value is -6.53. The average molecular weight is 901 g/mol. The fourth-order valence-electron chi connectivity index (χ4n) is 5.60. The summed E-state index contributed by atoms with van der Waals surface area (Å²) in [4.78, 5) is 0. The lowest BCUT2D eigenvalue weighted by molar-refractivity contribution is -0.0504. The molecule has 6 aromatic rings. The second kappa shape index (κ2) is 20.8. The number of hydrogen-bond donors (Lipinski definition) is 4. The molecule has 0 heterocycles. The van der Waals surface area contributed by atoms with E-state index in [0.717, 1.165) is 65.3 Å². The van der Waals surface area contributed by atoms with Crippen molar-refractivity contribution in [3.63, 3.8) is 0 Å². The Morgan fingerprint density at radius 3 is 1.31 bits per heavy atom.